The van der Waals surface area contributed by atoms with E-state index in [1.54, 1.807) is 0 Å². The maximum Gasteiger partial charge on any atom is 0.318 e. The van der Waals surface area contributed by atoms with E-state index in [-0.39, 0.29) is 12.1 Å². The molecule has 0 aliphatic carbocycles. The maximum absolute atomic E-state index is 13.0. The van der Waals surface area contributed by atoms with E-state index >= 15 is 0 Å². The fraction of sp³-hybridized carbons (Fsp3) is 0.136. The normalized spacial score (nSPS) is 14.0. The van der Waals surface area contributed by atoms with E-state index in [1.165, 1.54) is 0 Å². The van der Waals surface area contributed by atoms with Crippen molar-refractivity contribution in [2.75, 3.05) is 0 Å². The zero-order valence-electron chi connectivity index (χ0n) is 13.9. The van der Waals surface area contributed by atoms with E-state index in [4.69, 9.17) is 9.47 Å². The van der Waals surface area contributed by atoms with Crippen molar-refractivity contribution in [1.29, 1.82) is 0 Å². The molecule has 1 atom stereocenters. The number of hydrogen-bond acceptors (Lipinski definition) is 3. The predicted molar refractivity (Wildman–Crippen MR) is 95.8 cm³/mol. The number of fused-ring (bicyclic) bond motifs is 2. The first-order chi connectivity index (χ1) is 12.2. The highest BCUT2D eigenvalue weighted by molar-refractivity contribution is 5.85. The van der Waals surface area contributed by atoms with Crippen LogP contribution in [0.15, 0.2) is 78.9 Å². The fourth-order valence-electron chi connectivity index (χ4n) is 3.20. The Labute approximate surface area is 146 Å². The molecule has 0 amide bonds. The second-order valence-corrected chi connectivity index (χ2v) is 6.10. The van der Waals surface area contributed by atoms with Gasteiger partial charge in [-0.15, -0.1) is 0 Å². The lowest BCUT2D eigenvalue weighted by atomic mass is 9.88. The molecule has 0 spiro atoms. The minimum atomic E-state index is -0.479. The number of carbonyl (C=O) groups is 1. The van der Waals surface area contributed by atoms with Crippen LogP contribution in [0, 0.1) is 0 Å². The van der Waals surface area contributed by atoms with Crippen LogP contribution in [0.25, 0.3) is 0 Å². The number of esters is 1. The Morgan fingerprint density at radius 1 is 0.840 bits per heavy atom. The summed E-state index contributed by atoms with van der Waals surface area (Å²) in [5.74, 6) is 0.665. The van der Waals surface area contributed by atoms with Crippen molar-refractivity contribution >= 4 is 5.97 Å². The van der Waals surface area contributed by atoms with Gasteiger partial charge in [0.25, 0.3) is 0 Å². The van der Waals surface area contributed by atoms with E-state index < -0.39 is 5.92 Å². The second kappa shape index (κ2) is 6.44. The number of para-hydroxylation sites is 2. The molecular weight excluding hydrogens is 312 g/mol. The Morgan fingerprint density at radius 2 is 1.36 bits per heavy atom. The molecule has 4 rings (SSSR count). The van der Waals surface area contributed by atoms with Crippen LogP contribution >= 0.6 is 0 Å². The molecule has 0 N–H and O–H groups in total. The summed E-state index contributed by atoms with van der Waals surface area (Å²) in [5.41, 5.74) is 2.66. The van der Waals surface area contributed by atoms with Crippen LogP contribution in [0.2, 0.25) is 0 Å². The number of benzene rings is 3. The minimum Gasteiger partial charge on any atom is -0.457 e. The summed E-state index contributed by atoms with van der Waals surface area (Å²) in [6, 6.07) is 25.0. The molecule has 0 aromatic heterocycles. The van der Waals surface area contributed by atoms with Crippen LogP contribution in [0.1, 0.15) is 35.6 Å². The van der Waals surface area contributed by atoms with Gasteiger partial charge in [-0.3, -0.25) is 4.79 Å². The summed E-state index contributed by atoms with van der Waals surface area (Å²) < 4.78 is 11.7. The summed E-state index contributed by atoms with van der Waals surface area (Å²) in [7, 11) is 0. The molecule has 25 heavy (non-hydrogen) atoms. The topological polar surface area (TPSA) is 35.5 Å². The molecule has 0 radical (unpaired) electrons. The van der Waals surface area contributed by atoms with Crippen LogP contribution in [0.4, 0.5) is 0 Å². The molecule has 0 saturated carbocycles. The first-order valence-corrected chi connectivity index (χ1v) is 8.35. The monoisotopic (exact) mass is 330 g/mol. The molecule has 3 nitrogen and oxygen atoms in total. The number of ether oxygens (including phenoxy) is 2. The van der Waals surface area contributed by atoms with Crippen molar-refractivity contribution in [2.24, 2.45) is 0 Å². The van der Waals surface area contributed by atoms with E-state index in [9.17, 15) is 4.79 Å². The molecule has 3 heteroatoms. The van der Waals surface area contributed by atoms with E-state index in [2.05, 4.69) is 0 Å². The van der Waals surface area contributed by atoms with Crippen molar-refractivity contribution in [1.82, 2.24) is 0 Å². The Morgan fingerprint density at radius 3 is 1.96 bits per heavy atom. The van der Waals surface area contributed by atoms with Gasteiger partial charge in [-0.1, -0.05) is 66.7 Å². The van der Waals surface area contributed by atoms with E-state index in [0.29, 0.717) is 11.5 Å². The molecule has 0 bridgehead atoms. The largest absolute Gasteiger partial charge is 0.457 e. The molecule has 0 saturated heterocycles. The smallest absolute Gasteiger partial charge is 0.318 e. The molecule has 124 valence electrons. The Kier molecular flexibility index (Phi) is 3.98. The fourth-order valence-corrected chi connectivity index (χ4v) is 3.20. The first-order valence-electron chi connectivity index (χ1n) is 8.35. The molecule has 1 aliphatic rings. The molecule has 0 fully saturated rings. The van der Waals surface area contributed by atoms with Gasteiger partial charge >= 0.3 is 5.97 Å². The van der Waals surface area contributed by atoms with Crippen LogP contribution in [0.3, 0.4) is 0 Å². The van der Waals surface area contributed by atoms with Gasteiger partial charge in [-0.2, -0.15) is 0 Å². The lowest BCUT2D eigenvalue weighted by molar-refractivity contribution is -0.149. The van der Waals surface area contributed by atoms with Crippen LogP contribution in [-0.2, 0) is 9.53 Å². The average Bonchev–Trinajstić information content (AvgIpc) is 2.66. The van der Waals surface area contributed by atoms with Gasteiger partial charge in [-0.05, 0) is 24.6 Å². The van der Waals surface area contributed by atoms with Gasteiger partial charge in [-0.25, -0.2) is 0 Å². The summed E-state index contributed by atoms with van der Waals surface area (Å²) in [6.07, 6.45) is -0.309. The Hall–Kier alpha value is -3.07. The standard InChI is InChI=1S/C22H18O3/c1-15(16-9-3-2-4-10-16)24-22(23)21-17-11-5-7-13-19(17)25-20-14-8-6-12-18(20)21/h2-15,21H,1H3/t15-/m0/s1. The van der Waals surface area contributed by atoms with Crippen LogP contribution < -0.4 is 4.74 Å². The lowest BCUT2D eigenvalue weighted by Gasteiger charge is -2.27. The highest BCUT2D eigenvalue weighted by Gasteiger charge is 2.34. The van der Waals surface area contributed by atoms with Gasteiger partial charge in [0.1, 0.15) is 23.5 Å². The van der Waals surface area contributed by atoms with Gasteiger partial charge in [0.2, 0.25) is 0 Å². The Balaban J connectivity index is 1.68. The average molecular weight is 330 g/mol. The maximum atomic E-state index is 13.0. The molecule has 1 heterocycles. The van der Waals surface area contributed by atoms with E-state index in [1.807, 2.05) is 85.8 Å². The van der Waals surface area contributed by atoms with Crippen LogP contribution in [0.5, 0.6) is 11.5 Å². The summed E-state index contributed by atoms with van der Waals surface area (Å²) in [5, 5.41) is 0. The van der Waals surface area contributed by atoms with E-state index in [0.717, 1.165) is 16.7 Å². The number of carbonyl (C=O) groups excluding carboxylic acids is 1. The zero-order valence-corrected chi connectivity index (χ0v) is 13.9. The molecule has 3 aromatic carbocycles. The zero-order chi connectivity index (χ0) is 17.2. The summed E-state index contributed by atoms with van der Waals surface area (Å²) in [4.78, 5) is 13.0. The third-order valence-electron chi connectivity index (χ3n) is 4.48. The van der Waals surface area contributed by atoms with Gasteiger partial charge in [0.05, 0.1) is 0 Å². The highest BCUT2D eigenvalue weighted by atomic mass is 16.5. The van der Waals surface area contributed by atoms with Gasteiger partial charge in [0, 0.05) is 11.1 Å². The van der Waals surface area contributed by atoms with Gasteiger partial charge < -0.3 is 9.47 Å². The third-order valence-corrected chi connectivity index (χ3v) is 4.48. The van der Waals surface area contributed by atoms with Crippen molar-refractivity contribution in [2.45, 2.75) is 18.9 Å². The second-order valence-electron chi connectivity index (χ2n) is 6.10. The van der Waals surface area contributed by atoms with Crippen molar-refractivity contribution < 1.29 is 14.3 Å². The molecule has 0 unspecified atom stereocenters. The number of hydrogen-bond donors (Lipinski definition) is 0. The van der Waals surface area contributed by atoms with Crippen molar-refractivity contribution in [3.8, 4) is 11.5 Å². The third kappa shape index (κ3) is 2.89. The molecular formula is C22H18O3. The predicted octanol–water partition coefficient (Wildman–Crippen LogP) is 5.23. The quantitative estimate of drug-likeness (QED) is 0.617. The van der Waals surface area contributed by atoms with Crippen LogP contribution in [-0.4, -0.2) is 5.97 Å². The highest BCUT2D eigenvalue weighted by Crippen LogP contribution is 2.44. The van der Waals surface area contributed by atoms with Crippen molar-refractivity contribution in [3.63, 3.8) is 0 Å². The van der Waals surface area contributed by atoms with Gasteiger partial charge in [0.15, 0.2) is 0 Å². The molecule has 1 aliphatic heterocycles. The Bertz CT molecular complexity index is 856. The SMILES string of the molecule is C[C@H](OC(=O)C1c2ccccc2Oc2ccccc21)c1ccccc1. The van der Waals surface area contributed by atoms with Crippen molar-refractivity contribution in [3.05, 3.63) is 95.6 Å². The summed E-state index contributed by atoms with van der Waals surface area (Å²) >= 11 is 0. The lowest BCUT2D eigenvalue weighted by Crippen LogP contribution is -2.22. The molecule has 3 aromatic rings. The first kappa shape index (κ1) is 15.5. The minimum absolute atomic E-state index is 0.264. The summed E-state index contributed by atoms with van der Waals surface area (Å²) in [6.45, 7) is 1.89. The number of rotatable bonds is 3.